The van der Waals surface area contributed by atoms with E-state index in [4.69, 9.17) is 12.2 Å². The van der Waals surface area contributed by atoms with Crippen LogP contribution in [0.5, 0.6) is 0 Å². The molecule has 0 saturated carbocycles. The van der Waals surface area contributed by atoms with Crippen LogP contribution in [0.4, 0.5) is 10.2 Å². The first kappa shape index (κ1) is 25.8. The molecule has 3 heterocycles. The summed E-state index contributed by atoms with van der Waals surface area (Å²) in [5, 5.41) is 13.8. The Balaban J connectivity index is 1.50. The number of thiocarbonyl (C=S) groups is 1. The highest BCUT2D eigenvalue weighted by molar-refractivity contribution is 8.26. The minimum Gasteiger partial charge on any atom is -0.387 e. The van der Waals surface area contributed by atoms with E-state index in [0.717, 1.165) is 28.5 Å². The molecule has 1 aliphatic heterocycles. The first-order valence-electron chi connectivity index (χ1n) is 11.8. The number of rotatable bonds is 7. The van der Waals surface area contributed by atoms with Gasteiger partial charge < -0.3 is 10.4 Å². The van der Waals surface area contributed by atoms with Gasteiger partial charge in [-0.15, -0.1) is 0 Å². The lowest BCUT2D eigenvalue weighted by atomic mass is 10.1. The molecule has 2 aromatic heterocycles. The fourth-order valence-electron chi connectivity index (χ4n) is 4.10. The highest BCUT2D eigenvalue weighted by atomic mass is 32.2. The predicted octanol–water partition coefficient (Wildman–Crippen LogP) is 4.69. The maximum absolute atomic E-state index is 13.6. The number of benzene rings is 2. The number of hydrogen-bond acceptors (Lipinski definition) is 7. The molecule has 1 aliphatic rings. The predicted molar refractivity (Wildman–Crippen MR) is 151 cm³/mol. The average molecular weight is 547 g/mol. The number of hydrogen-bond donors (Lipinski definition) is 2. The Morgan fingerprint density at radius 2 is 1.84 bits per heavy atom. The molecule has 0 bridgehead atoms. The van der Waals surface area contributed by atoms with Gasteiger partial charge in [-0.2, -0.15) is 0 Å². The van der Waals surface area contributed by atoms with Crippen molar-refractivity contribution in [2.75, 3.05) is 11.9 Å². The van der Waals surface area contributed by atoms with Crippen LogP contribution in [0.15, 0.2) is 82.6 Å². The first-order valence-corrected chi connectivity index (χ1v) is 13.0. The van der Waals surface area contributed by atoms with E-state index in [2.05, 4.69) is 10.3 Å². The third kappa shape index (κ3) is 5.24. The standard InChI is InChI=1S/C28H23FN4O3S2/c1-17-6-5-13-32-25(17)31-24(30-15-22(34)19-7-3-2-4-8-19)21(26(32)35)14-23-27(36)33(28(37)38-23)16-18-9-11-20(29)12-10-18/h2-14,22,30,34H,15-16H2,1H3. The van der Waals surface area contributed by atoms with Crippen LogP contribution in [0, 0.1) is 12.7 Å². The van der Waals surface area contributed by atoms with Crippen LogP contribution in [0.1, 0.15) is 28.4 Å². The van der Waals surface area contributed by atoms with Gasteiger partial charge in [0.1, 0.15) is 21.6 Å². The van der Waals surface area contributed by atoms with Gasteiger partial charge >= 0.3 is 0 Å². The highest BCUT2D eigenvalue weighted by Gasteiger charge is 2.32. The smallest absolute Gasteiger partial charge is 0.267 e. The van der Waals surface area contributed by atoms with Crippen molar-refractivity contribution in [1.82, 2.24) is 14.3 Å². The number of aliphatic hydroxyl groups excluding tert-OH is 1. The monoisotopic (exact) mass is 546 g/mol. The topological polar surface area (TPSA) is 86.9 Å². The zero-order valence-electron chi connectivity index (χ0n) is 20.3. The SMILES string of the molecule is Cc1cccn2c(=O)c(C=C3SC(=S)N(Cc4ccc(F)cc4)C3=O)c(NCC(O)c3ccccc3)nc12. The van der Waals surface area contributed by atoms with E-state index in [9.17, 15) is 19.1 Å². The lowest BCUT2D eigenvalue weighted by Gasteiger charge is -2.16. The summed E-state index contributed by atoms with van der Waals surface area (Å²) < 4.78 is 15.1. The maximum Gasteiger partial charge on any atom is 0.267 e. The van der Waals surface area contributed by atoms with E-state index in [-0.39, 0.29) is 46.7 Å². The van der Waals surface area contributed by atoms with E-state index >= 15 is 0 Å². The lowest BCUT2D eigenvalue weighted by molar-refractivity contribution is -0.122. The van der Waals surface area contributed by atoms with Crippen molar-refractivity contribution in [3.05, 3.63) is 116 Å². The van der Waals surface area contributed by atoms with E-state index < -0.39 is 6.10 Å². The van der Waals surface area contributed by atoms with Gasteiger partial charge in [0.2, 0.25) is 0 Å². The van der Waals surface area contributed by atoms with E-state index in [1.54, 1.807) is 24.4 Å². The summed E-state index contributed by atoms with van der Waals surface area (Å²) in [4.78, 5) is 33.2. The number of halogens is 1. The summed E-state index contributed by atoms with van der Waals surface area (Å²) in [5.74, 6) is -0.465. The maximum atomic E-state index is 13.6. The Hall–Kier alpha value is -3.86. The number of pyridine rings is 1. The number of nitrogens with one attached hydrogen (secondary N) is 1. The van der Waals surface area contributed by atoms with Crippen molar-refractivity contribution in [3.8, 4) is 0 Å². The quantitative estimate of drug-likeness (QED) is 0.257. The molecule has 1 atom stereocenters. The number of aromatic nitrogens is 2. The molecule has 0 spiro atoms. The number of thioether (sulfide) groups is 1. The Morgan fingerprint density at radius 3 is 2.58 bits per heavy atom. The molecule has 7 nitrogen and oxygen atoms in total. The largest absolute Gasteiger partial charge is 0.387 e. The van der Waals surface area contributed by atoms with Gasteiger partial charge in [0.25, 0.3) is 11.5 Å². The molecule has 1 amide bonds. The van der Waals surface area contributed by atoms with Crippen LogP contribution in [0.25, 0.3) is 11.7 Å². The fraction of sp³-hybridized carbons (Fsp3) is 0.143. The van der Waals surface area contributed by atoms with Crippen molar-refractivity contribution < 1.29 is 14.3 Å². The Morgan fingerprint density at radius 1 is 1.11 bits per heavy atom. The molecule has 1 saturated heterocycles. The lowest BCUT2D eigenvalue weighted by Crippen LogP contribution is -2.27. The molecule has 10 heteroatoms. The first-order chi connectivity index (χ1) is 18.3. The second kappa shape index (κ2) is 10.9. The van der Waals surface area contributed by atoms with Gasteiger partial charge in [0.05, 0.1) is 23.1 Å². The normalized spacial score (nSPS) is 15.4. The molecular formula is C28H23FN4O3S2. The molecular weight excluding hydrogens is 523 g/mol. The summed E-state index contributed by atoms with van der Waals surface area (Å²) in [6.07, 6.45) is 2.28. The Labute approximate surface area is 227 Å². The summed E-state index contributed by atoms with van der Waals surface area (Å²) in [6.45, 7) is 2.14. The molecule has 0 radical (unpaired) electrons. The number of carbonyl (C=O) groups is 1. The second-order valence-corrected chi connectivity index (χ2v) is 10.4. The van der Waals surface area contributed by atoms with Crippen LogP contribution in [-0.4, -0.2) is 36.2 Å². The molecule has 0 aliphatic carbocycles. The van der Waals surface area contributed by atoms with E-state index in [1.165, 1.54) is 27.5 Å². The van der Waals surface area contributed by atoms with E-state index in [1.807, 2.05) is 43.3 Å². The van der Waals surface area contributed by atoms with Gasteiger partial charge in [0, 0.05) is 12.7 Å². The van der Waals surface area contributed by atoms with Crippen molar-refractivity contribution in [1.29, 1.82) is 0 Å². The van der Waals surface area contributed by atoms with E-state index in [0.29, 0.717) is 9.97 Å². The number of amides is 1. The third-order valence-corrected chi connectivity index (χ3v) is 7.51. The Bertz CT molecular complexity index is 1620. The number of aliphatic hydroxyl groups is 1. The summed E-state index contributed by atoms with van der Waals surface area (Å²) in [6, 6.07) is 18.6. The molecule has 4 aromatic rings. The number of carbonyl (C=O) groups excluding carboxylic acids is 1. The van der Waals surface area contributed by atoms with Crippen LogP contribution >= 0.6 is 24.0 Å². The third-order valence-electron chi connectivity index (χ3n) is 6.13. The molecule has 2 N–H and O–H groups in total. The number of fused-ring (bicyclic) bond motifs is 1. The number of anilines is 1. The van der Waals surface area contributed by atoms with Crippen molar-refractivity contribution >= 4 is 51.7 Å². The van der Waals surface area contributed by atoms with Gasteiger partial charge in [-0.3, -0.25) is 18.9 Å². The minimum atomic E-state index is -0.838. The number of nitrogens with zero attached hydrogens (tertiary/aromatic N) is 3. The molecule has 1 unspecified atom stereocenters. The molecule has 38 heavy (non-hydrogen) atoms. The molecule has 1 fully saturated rings. The van der Waals surface area contributed by atoms with Crippen LogP contribution in [0.2, 0.25) is 0 Å². The van der Waals surface area contributed by atoms with Crippen molar-refractivity contribution in [3.63, 3.8) is 0 Å². The molecule has 192 valence electrons. The van der Waals surface area contributed by atoms with Crippen LogP contribution in [0.3, 0.4) is 0 Å². The van der Waals surface area contributed by atoms with Crippen molar-refractivity contribution in [2.45, 2.75) is 19.6 Å². The summed E-state index contributed by atoms with van der Waals surface area (Å²) >= 11 is 6.53. The van der Waals surface area contributed by atoms with Gasteiger partial charge in [-0.05, 0) is 47.9 Å². The van der Waals surface area contributed by atoms with Crippen molar-refractivity contribution in [2.24, 2.45) is 0 Å². The Kier molecular flexibility index (Phi) is 7.37. The fourth-order valence-corrected chi connectivity index (χ4v) is 5.34. The summed E-state index contributed by atoms with van der Waals surface area (Å²) in [7, 11) is 0. The van der Waals surface area contributed by atoms with Gasteiger partial charge in [0.15, 0.2) is 0 Å². The number of aryl methyl sites for hydroxylation is 1. The highest BCUT2D eigenvalue weighted by Crippen LogP contribution is 2.34. The van der Waals surface area contributed by atoms with Crippen LogP contribution in [-0.2, 0) is 11.3 Å². The van der Waals surface area contributed by atoms with Crippen LogP contribution < -0.4 is 10.9 Å². The molecule has 2 aromatic carbocycles. The second-order valence-electron chi connectivity index (χ2n) is 8.77. The summed E-state index contributed by atoms with van der Waals surface area (Å²) in [5.41, 5.74) is 2.53. The zero-order valence-corrected chi connectivity index (χ0v) is 21.9. The molecule has 5 rings (SSSR count). The average Bonchev–Trinajstić information content (AvgIpc) is 3.18. The van der Waals surface area contributed by atoms with Gasteiger partial charge in [-0.25, -0.2) is 9.37 Å². The van der Waals surface area contributed by atoms with Gasteiger partial charge in [-0.1, -0.05) is 72.5 Å². The zero-order chi connectivity index (χ0) is 26.8. The minimum absolute atomic E-state index is 0.102.